The molecule has 2 N–H and O–H groups in total. The standard InChI is InChI=1S/C24H32ClN7O2S/c1-17-15-18(32(6)14-13-30(2)3)11-12-20(17)28-24-26-16-19(25)23(29-24)27-21-9-7-8-10-22(21)35(33,34)31(4)5/h7-12,15-16H,13-14H2,1-6H3,(H2,26,27,28,29). The molecule has 0 spiro atoms. The fourth-order valence-corrected chi connectivity index (χ4v) is 4.44. The molecule has 0 saturated carbocycles. The number of aromatic nitrogens is 2. The monoisotopic (exact) mass is 517 g/mol. The van der Waals surface area contributed by atoms with Crippen molar-refractivity contribution in [3.05, 3.63) is 59.2 Å². The molecule has 188 valence electrons. The summed E-state index contributed by atoms with van der Waals surface area (Å²) in [4.78, 5) is 13.3. The van der Waals surface area contributed by atoms with E-state index in [9.17, 15) is 8.42 Å². The summed E-state index contributed by atoms with van der Waals surface area (Å²) in [7, 11) is 5.49. The number of hydrogen-bond donors (Lipinski definition) is 2. The summed E-state index contributed by atoms with van der Waals surface area (Å²) in [6, 6.07) is 12.7. The average molecular weight is 518 g/mol. The van der Waals surface area contributed by atoms with E-state index in [2.05, 4.69) is 57.6 Å². The molecule has 0 atom stereocenters. The minimum Gasteiger partial charge on any atom is -0.373 e. The predicted molar refractivity (Wildman–Crippen MR) is 144 cm³/mol. The largest absolute Gasteiger partial charge is 0.373 e. The molecule has 0 radical (unpaired) electrons. The number of anilines is 5. The van der Waals surface area contributed by atoms with Crippen molar-refractivity contribution in [2.24, 2.45) is 0 Å². The molecule has 0 bridgehead atoms. The van der Waals surface area contributed by atoms with Crippen molar-refractivity contribution in [2.45, 2.75) is 11.8 Å². The second kappa shape index (κ2) is 11.2. The lowest BCUT2D eigenvalue weighted by Crippen LogP contribution is -2.28. The number of benzene rings is 2. The maximum absolute atomic E-state index is 12.7. The molecule has 1 aromatic heterocycles. The summed E-state index contributed by atoms with van der Waals surface area (Å²) < 4.78 is 26.6. The Hall–Kier alpha value is -2.92. The Morgan fingerprint density at radius 1 is 0.943 bits per heavy atom. The number of para-hydroxylation sites is 1. The second-order valence-electron chi connectivity index (χ2n) is 8.65. The fraction of sp³-hybridized carbons (Fsp3) is 0.333. The predicted octanol–water partition coefficient (Wildman–Crippen LogP) is 4.17. The van der Waals surface area contributed by atoms with Crippen molar-refractivity contribution in [1.29, 1.82) is 0 Å². The van der Waals surface area contributed by atoms with Gasteiger partial charge < -0.3 is 20.4 Å². The van der Waals surface area contributed by atoms with Gasteiger partial charge in [-0.3, -0.25) is 0 Å². The number of likely N-dealkylation sites (N-methyl/N-ethyl adjacent to an activating group) is 2. The molecule has 9 nitrogen and oxygen atoms in total. The van der Waals surface area contributed by atoms with Crippen LogP contribution >= 0.6 is 11.6 Å². The molecule has 35 heavy (non-hydrogen) atoms. The third kappa shape index (κ3) is 6.61. The van der Waals surface area contributed by atoms with Gasteiger partial charge in [-0.05, 0) is 56.9 Å². The third-order valence-corrected chi connectivity index (χ3v) is 7.57. The molecule has 0 unspecified atom stereocenters. The van der Waals surface area contributed by atoms with Crippen LogP contribution in [0, 0.1) is 6.92 Å². The zero-order valence-corrected chi connectivity index (χ0v) is 22.4. The molecular weight excluding hydrogens is 486 g/mol. The lowest BCUT2D eigenvalue weighted by atomic mass is 10.1. The van der Waals surface area contributed by atoms with Crippen LogP contribution < -0.4 is 15.5 Å². The van der Waals surface area contributed by atoms with Crippen molar-refractivity contribution >= 4 is 50.5 Å². The van der Waals surface area contributed by atoms with Crippen LogP contribution in [0.25, 0.3) is 0 Å². The number of hydrogen-bond acceptors (Lipinski definition) is 8. The number of aryl methyl sites for hydroxylation is 1. The maximum atomic E-state index is 12.7. The van der Waals surface area contributed by atoms with Crippen LogP contribution in [0.15, 0.2) is 53.6 Å². The summed E-state index contributed by atoms with van der Waals surface area (Å²) in [5.74, 6) is 0.630. The number of nitrogens with zero attached hydrogens (tertiary/aromatic N) is 5. The lowest BCUT2D eigenvalue weighted by Gasteiger charge is -2.22. The van der Waals surface area contributed by atoms with Gasteiger partial charge in [-0.2, -0.15) is 4.98 Å². The van der Waals surface area contributed by atoms with Crippen LogP contribution in [0.2, 0.25) is 5.02 Å². The minimum atomic E-state index is -3.66. The van der Waals surface area contributed by atoms with Gasteiger partial charge in [-0.1, -0.05) is 23.7 Å². The van der Waals surface area contributed by atoms with Crippen LogP contribution in [0.1, 0.15) is 5.56 Å². The Balaban J connectivity index is 1.83. The number of sulfonamides is 1. The Labute approximate surface area is 212 Å². The van der Waals surface area contributed by atoms with Crippen LogP contribution in [-0.4, -0.2) is 75.9 Å². The van der Waals surface area contributed by atoms with Crippen LogP contribution in [0.5, 0.6) is 0 Å². The SMILES string of the molecule is Cc1cc(N(C)CCN(C)C)ccc1Nc1ncc(Cl)c(Nc2ccccc2S(=O)(=O)N(C)C)n1. The quantitative estimate of drug-likeness (QED) is 0.414. The van der Waals surface area contributed by atoms with Crippen LogP contribution in [0.4, 0.5) is 28.8 Å². The topological polar surface area (TPSA) is 93.7 Å². The van der Waals surface area contributed by atoms with E-state index in [4.69, 9.17) is 11.6 Å². The molecule has 2 aromatic carbocycles. The smallest absolute Gasteiger partial charge is 0.244 e. The first kappa shape index (κ1) is 26.7. The normalized spacial score (nSPS) is 11.7. The van der Waals surface area contributed by atoms with E-state index in [0.717, 1.165) is 34.3 Å². The molecule has 11 heteroatoms. The molecule has 0 amide bonds. The highest BCUT2D eigenvalue weighted by atomic mass is 35.5. The first-order valence-corrected chi connectivity index (χ1v) is 12.9. The highest BCUT2D eigenvalue weighted by Gasteiger charge is 2.21. The van der Waals surface area contributed by atoms with E-state index in [1.54, 1.807) is 18.2 Å². The lowest BCUT2D eigenvalue weighted by molar-refractivity contribution is 0.416. The van der Waals surface area contributed by atoms with Gasteiger partial charge in [0.25, 0.3) is 0 Å². The number of rotatable bonds is 10. The molecule has 3 aromatic rings. The fourth-order valence-electron chi connectivity index (χ4n) is 3.26. The Morgan fingerprint density at radius 3 is 2.31 bits per heavy atom. The summed E-state index contributed by atoms with van der Waals surface area (Å²) in [5, 5.41) is 6.55. The van der Waals surface area contributed by atoms with Crippen molar-refractivity contribution < 1.29 is 8.42 Å². The van der Waals surface area contributed by atoms with E-state index in [1.807, 2.05) is 19.1 Å². The van der Waals surface area contributed by atoms with Gasteiger partial charge in [0.2, 0.25) is 16.0 Å². The molecule has 0 aliphatic carbocycles. The van der Waals surface area contributed by atoms with Gasteiger partial charge in [0, 0.05) is 45.6 Å². The molecular formula is C24H32ClN7O2S. The van der Waals surface area contributed by atoms with Crippen molar-refractivity contribution in [1.82, 2.24) is 19.2 Å². The molecule has 0 saturated heterocycles. The van der Waals surface area contributed by atoms with Gasteiger partial charge in [0.05, 0.1) is 11.9 Å². The van der Waals surface area contributed by atoms with Crippen molar-refractivity contribution in [3.8, 4) is 0 Å². The molecule has 0 fully saturated rings. The zero-order chi connectivity index (χ0) is 25.8. The molecule has 0 aliphatic rings. The van der Waals surface area contributed by atoms with Crippen molar-refractivity contribution in [3.63, 3.8) is 0 Å². The van der Waals surface area contributed by atoms with Gasteiger partial charge in [0.15, 0.2) is 5.82 Å². The third-order valence-electron chi connectivity index (χ3n) is 5.42. The minimum absolute atomic E-state index is 0.124. The summed E-state index contributed by atoms with van der Waals surface area (Å²) in [5.41, 5.74) is 3.38. The molecule has 1 heterocycles. The molecule has 3 rings (SSSR count). The van der Waals surface area contributed by atoms with Gasteiger partial charge in [0.1, 0.15) is 9.92 Å². The Morgan fingerprint density at radius 2 is 1.66 bits per heavy atom. The zero-order valence-electron chi connectivity index (χ0n) is 20.9. The van der Waals surface area contributed by atoms with Crippen LogP contribution in [-0.2, 0) is 10.0 Å². The number of nitrogens with one attached hydrogen (secondary N) is 2. The van der Waals surface area contributed by atoms with E-state index >= 15 is 0 Å². The second-order valence-corrected chi connectivity index (χ2v) is 11.2. The van der Waals surface area contributed by atoms with Gasteiger partial charge >= 0.3 is 0 Å². The summed E-state index contributed by atoms with van der Waals surface area (Å²) >= 11 is 6.33. The first-order chi connectivity index (χ1) is 16.5. The van der Waals surface area contributed by atoms with E-state index in [0.29, 0.717) is 17.5 Å². The Bertz CT molecular complexity index is 1280. The van der Waals surface area contributed by atoms with Crippen LogP contribution in [0.3, 0.4) is 0 Å². The van der Waals surface area contributed by atoms with Gasteiger partial charge in [-0.25, -0.2) is 17.7 Å². The number of halogens is 1. The molecule has 0 aliphatic heterocycles. The van der Waals surface area contributed by atoms with E-state index < -0.39 is 10.0 Å². The first-order valence-electron chi connectivity index (χ1n) is 11.0. The Kier molecular flexibility index (Phi) is 8.55. The highest BCUT2D eigenvalue weighted by molar-refractivity contribution is 7.89. The summed E-state index contributed by atoms with van der Waals surface area (Å²) in [6.07, 6.45) is 1.47. The van der Waals surface area contributed by atoms with E-state index in [-0.39, 0.29) is 9.92 Å². The van der Waals surface area contributed by atoms with Gasteiger partial charge in [-0.15, -0.1) is 0 Å². The highest BCUT2D eigenvalue weighted by Crippen LogP contribution is 2.30. The van der Waals surface area contributed by atoms with Crippen molar-refractivity contribution in [2.75, 3.05) is 63.9 Å². The average Bonchev–Trinajstić information content (AvgIpc) is 2.81. The maximum Gasteiger partial charge on any atom is 0.244 e. The summed E-state index contributed by atoms with van der Waals surface area (Å²) in [6.45, 7) is 3.89. The van der Waals surface area contributed by atoms with E-state index in [1.165, 1.54) is 26.4 Å².